The van der Waals surface area contributed by atoms with Crippen LogP contribution in [-0.2, 0) is 0 Å². The summed E-state index contributed by atoms with van der Waals surface area (Å²) in [5.74, 6) is 0.702. The fourth-order valence-electron chi connectivity index (χ4n) is 7.49. The Kier molecular flexibility index (Phi) is 6.46. The molecule has 0 aliphatic carbocycles. The Hall–Kier alpha value is -6.78. The third-order valence-corrected chi connectivity index (χ3v) is 9.73. The largest absolute Gasteiger partial charge is 0.309 e. The van der Waals surface area contributed by atoms with Gasteiger partial charge in [0.2, 0.25) is 0 Å². The first-order valence-corrected chi connectivity index (χ1v) is 16.9. The lowest BCUT2D eigenvalue weighted by atomic mass is 10.0. The van der Waals surface area contributed by atoms with Crippen LogP contribution in [0.2, 0.25) is 0 Å². The lowest BCUT2D eigenvalue weighted by molar-refractivity contribution is 1.15. The molecule has 10 aromatic rings. The number of aromatic nitrogens is 4. The van der Waals surface area contributed by atoms with Crippen LogP contribution in [0.15, 0.2) is 182 Å². The maximum Gasteiger partial charge on any atom is 0.160 e. The molecule has 234 valence electrons. The maximum atomic E-state index is 5.23. The molecule has 4 nitrogen and oxygen atoms in total. The Morgan fingerprint density at radius 3 is 1.56 bits per heavy atom. The SMILES string of the molecule is c1ccc(-c2cc(-c3ccccc3-n3c4ccccc4c4cc5c6ccccc6n(-c6ccccc6)c5cc43)nc(-c3ccccc3)n2)cc1. The first-order chi connectivity index (χ1) is 24.8. The van der Waals surface area contributed by atoms with Crippen LogP contribution in [0.25, 0.3) is 88.9 Å². The number of benzene rings is 7. The van der Waals surface area contributed by atoms with E-state index >= 15 is 0 Å². The molecule has 4 heteroatoms. The molecule has 0 fully saturated rings. The standard InChI is InChI=1S/C46H30N4/c1-4-16-31(17-5-1)39-29-40(48-46(47-39)32-18-6-2-7-19-32)36-24-12-15-27-43(36)50-42-26-14-11-23-35(42)38-28-37-34-22-10-13-25-41(34)49(44(37)30-45(38)50)33-20-8-3-9-21-33/h1-30H. The summed E-state index contributed by atoms with van der Waals surface area (Å²) in [7, 11) is 0. The van der Waals surface area contributed by atoms with Gasteiger partial charge in [0.1, 0.15) is 0 Å². The molecular weight excluding hydrogens is 609 g/mol. The second kappa shape index (κ2) is 11.4. The molecule has 10 rings (SSSR count). The third kappa shape index (κ3) is 4.46. The van der Waals surface area contributed by atoms with Gasteiger partial charge in [-0.3, -0.25) is 0 Å². The van der Waals surface area contributed by atoms with Crippen LogP contribution in [0.3, 0.4) is 0 Å². The van der Waals surface area contributed by atoms with Gasteiger partial charge in [0, 0.05) is 43.9 Å². The number of para-hydroxylation sites is 4. The smallest absolute Gasteiger partial charge is 0.160 e. The predicted molar refractivity (Wildman–Crippen MR) is 207 cm³/mol. The fourth-order valence-corrected chi connectivity index (χ4v) is 7.49. The van der Waals surface area contributed by atoms with Crippen LogP contribution in [0.5, 0.6) is 0 Å². The van der Waals surface area contributed by atoms with E-state index in [1.807, 2.05) is 24.3 Å². The molecule has 0 spiro atoms. The number of nitrogens with zero attached hydrogens (tertiary/aromatic N) is 4. The molecule has 0 N–H and O–H groups in total. The second-order valence-electron chi connectivity index (χ2n) is 12.6. The van der Waals surface area contributed by atoms with Crippen molar-refractivity contribution in [2.45, 2.75) is 0 Å². The van der Waals surface area contributed by atoms with Gasteiger partial charge in [-0.15, -0.1) is 0 Å². The van der Waals surface area contributed by atoms with E-state index in [0.29, 0.717) is 5.82 Å². The van der Waals surface area contributed by atoms with E-state index in [1.54, 1.807) is 0 Å². The maximum absolute atomic E-state index is 5.23. The van der Waals surface area contributed by atoms with Gasteiger partial charge in [0.05, 0.1) is 39.1 Å². The Morgan fingerprint density at radius 2 is 0.860 bits per heavy atom. The number of rotatable bonds is 5. The summed E-state index contributed by atoms with van der Waals surface area (Å²) in [6, 6.07) is 64.2. The highest BCUT2D eigenvalue weighted by atomic mass is 15.0. The van der Waals surface area contributed by atoms with Crippen molar-refractivity contribution in [1.29, 1.82) is 0 Å². The summed E-state index contributed by atoms with van der Waals surface area (Å²) in [4.78, 5) is 10.3. The Balaban J connectivity index is 1.28. The van der Waals surface area contributed by atoms with Crippen molar-refractivity contribution in [3.8, 4) is 45.3 Å². The zero-order valence-electron chi connectivity index (χ0n) is 27.1. The lowest BCUT2D eigenvalue weighted by Crippen LogP contribution is -2.01. The van der Waals surface area contributed by atoms with E-state index in [-0.39, 0.29) is 0 Å². The zero-order valence-corrected chi connectivity index (χ0v) is 27.1. The molecule has 7 aromatic carbocycles. The first-order valence-electron chi connectivity index (χ1n) is 16.9. The Morgan fingerprint density at radius 1 is 0.340 bits per heavy atom. The van der Waals surface area contributed by atoms with Gasteiger partial charge >= 0.3 is 0 Å². The van der Waals surface area contributed by atoms with Gasteiger partial charge in [-0.1, -0.05) is 133 Å². The highest BCUT2D eigenvalue weighted by molar-refractivity contribution is 6.19. The van der Waals surface area contributed by atoms with Gasteiger partial charge in [-0.25, -0.2) is 9.97 Å². The molecule has 3 heterocycles. The molecule has 0 radical (unpaired) electrons. The predicted octanol–water partition coefficient (Wildman–Crippen LogP) is 11.7. The summed E-state index contributed by atoms with van der Waals surface area (Å²) in [5.41, 5.74) is 11.7. The molecule has 0 saturated carbocycles. The van der Waals surface area contributed by atoms with E-state index < -0.39 is 0 Å². The monoisotopic (exact) mass is 638 g/mol. The molecule has 0 bridgehead atoms. The highest BCUT2D eigenvalue weighted by Gasteiger charge is 2.21. The van der Waals surface area contributed by atoms with Crippen molar-refractivity contribution in [2.24, 2.45) is 0 Å². The summed E-state index contributed by atoms with van der Waals surface area (Å²) in [6.45, 7) is 0. The van der Waals surface area contributed by atoms with Crippen molar-refractivity contribution in [2.75, 3.05) is 0 Å². The van der Waals surface area contributed by atoms with Crippen LogP contribution < -0.4 is 0 Å². The average molecular weight is 639 g/mol. The van der Waals surface area contributed by atoms with Gasteiger partial charge in [-0.05, 0) is 48.5 Å². The molecule has 0 unspecified atom stereocenters. The minimum absolute atomic E-state index is 0.702. The van der Waals surface area contributed by atoms with Crippen LogP contribution in [0, 0.1) is 0 Å². The van der Waals surface area contributed by atoms with Gasteiger partial charge in [0.25, 0.3) is 0 Å². The van der Waals surface area contributed by atoms with E-state index in [0.717, 1.165) is 50.5 Å². The van der Waals surface area contributed by atoms with Crippen molar-refractivity contribution in [3.63, 3.8) is 0 Å². The molecule has 3 aromatic heterocycles. The zero-order chi connectivity index (χ0) is 33.0. The third-order valence-electron chi connectivity index (χ3n) is 9.73. The van der Waals surface area contributed by atoms with Crippen molar-refractivity contribution in [1.82, 2.24) is 19.1 Å². The van der Waals surface area contributed by atoms with E-state index in [1.165, 1.54) is 32.6 Å². The van der Waals surface area contributed by atoms with Gasteiger partial charge in [-0.2, -0.15) is 0 Å². The molecule has 0 saturated heterocycles. The van der Waals surface area contributed by atoms with Gasteiger partial charge in [0.15, 0.2) is 5.82 Å². The Bertz CT molecular complexity index is 2790. The van der Waals surface area contributed by atoms with Crippen molar-refractivity contribution in [3.05, 3.63) is 182 Å². The number of hydrogen-bond acceptors (Lipinski definition) is 2. The summed E-state index contributed by atoms with van der Waals surface area (Å²) in [6.07, 6.45) is 0. The summed E-state index contributed by atoms with van der Waals surface area (Å²) >= 11 is 0. The van der Waals surface area contributed by atoms with E-state index in [4.69, 9.17) is 9.97 Å². The quantitative estimate of drug-likeness (QED) is 0.188. The molecule has 0 atom stereocenters. The van der Waals surface area contributed by atoms with E-state index in [9.17, 15) is 0 Å². The first kappa shape index (κ1) is 28.3. The van der Waals surface area contributed by atoms with Crippen molar-refractivity contribution >= 4 is 43.6 Å². The molecule has 0 aliphatic rings. The minimum Gasteiger partial charge on any atom is -0.309 e. The number of hydrogen-bond donors (Lipinski definition) is 0. The second-order valence-corrected chi connectivity index (χ2v) is 12.6. The van der Waals surface area contributed by atoms with Crippen LogP contribution in [0.4, 0.5) is 0 Å². The number of fused-ring (bicyclic) bond motifs is 6. The average Bonchev–Trinajstić information content (AvgIpc) is 3.70. The normalized spacial score (nSPS) is 11.6. The molecular formula is C46H30N4. The summed E-state index contributed by atoms with van der Waals surface area (Å²) < 4.78 is 4.81. The molecule has 0 aliphatic heterocycles. The molecule has 0 amide bonds. The summed E-state index contributed by atoms with van der Waals surface area (Å²) in [5, 5.41) is 4.92. The van der Waals surface area contributed by atoms with E-state index in [2.05, 4.69) is 167 Å². The molecule has 50 heavy (non-hydrogen) atoms. The van der Waals surface area contributed by atoms with Gasteiger partial charge < -0.3 is 9.13 Å². The lowest BCUT2D eigenvalue weighted by Gasteiger charge is -2.15. The highest BCUT2D eigenvalue weighted by Crippen LogP contribution is 2.41. The van der Waals surface area contributed by atoms with Crippen LogP contribution in [-0.4, -0.2) is 19.1 Å². The Labute approximate surface area is 289 Å². The van der Waals surface area contributed by atoms with Crippen LogP contribution >= 0.6 is 0 Å². The van der Waals surface area contributed by atoms with Crippen molar-refractivity contribution < 1.29 is 0 Å². The minimum atomic E-state index is 0.702. The topological polar surface area (TPSA) is 35.6 Å². The van der Waals surface area contributed by atoms with Crippen LogP contribution in [0.1, 0.15) is 0 Å². The fraction of sp³-hybridized carbons (Fsp3) is 0.